The predicted molar refractivity (Wildman–Crippen MR) is 142 cm³/mol. The lowest BCUT2D eigenvalue weighted by Crippen LogP contribution is -2.52. The fourth-order valence-corrected chi connectivity index (χ4v) is 4.18. The van der Waals surface area contributed by atoms with Gasteiger partial charge in [-0.1, -0.05) is 19.1 Å². The summed E-state index contributed by atoms with van der Waals surface area (Å²) in [5.74, 6) is 1.73. The minimum absolute atomic E-state index is 0. The largest absolute Gasteiger partial charge is 0.352 e. The maximum absolute atomic E-state index is 12.4. The summed E-state index contributed by atoms with van der Waals surface area (Å²) in [6, 6.07) is 7.71. The first-order valence-corrected chi connectivity index (χ1v) is 11.5. The predicted octanol–water partition coefficient (Wildman–Crippen LogP) is 3.14. The monoisotopic (exact) mass is 571 g/mol. The van der Waals surface area contributed by atoms with Crippen molar-refractivity contribution in [1.29, 1.82) is 0 Å². The van der Waals surface area contributed by atoms with Crippen LogP contribution in [0.25, 0.3) is 0 Å². The van der Waals surface area contributed by atoms with Crippen molar-refractivity contribution < 1.29 is 4.79 Å². The second kappa shape index (κ2) is 11.8. The van der Waals surface area contributed by atoms with Crippen LogP contribution < -0.4 is 15.5 Å². The van der Waals surface area contributed by atoms with Crippen LogP contribution in [0, 0.1) is 0 Å². The number of anilines is 1. The number of aliphatic imine (C=N–C) groups is 1. The second-order valence-electron chi connectivity index (χ2n) is 8.63. The van der Waals surface area contributed by atoms with Gasteiger partial charge in [-0.2, -0.15) is 4.37 Å². The Morgan fingerprint density at radius 3 is 2.53 bits per heavy atom. The molecule has 8 nitrogen and oxygen atoms in total. The minimum Gasteiger partial charge on any atom is -0.352 e. The highest BCUT2D eigenvalue weighted by Crippen LogP contribution is 2.19. The van der Waals surface area contributed by atoms with Crippen molar-refractivity contribution in [3.63, 3.8) is 0 Å². The lowest BCUT2D eigenvalue weighted by molar-refractivity contribution is 0.0919. The van der Waals surface area contributed by atoms with Gasteiger partial charge in [-0.15, -0.1) is 24.0 Å². The zero-order valence-corrected chi connectivity index (χ0v) is 22.7. The Morgan fingerprint density at radius 2 is 1.94 bits per heavy atom. The number of nitrogens with zero attached hydrogens (tertiary/aromatic N) is 5. The Hall–Kier alpha value is -1.95. The molecule has 2 N–H and O–H groups in total. The van der Waals surface area contributed by atoms with Crippen molar-refractivity contribution in [2.75, 3.05) is 38.1 Å². The molecule has 1 saturated heterocycles. The van der Waals surface area contributed by atoms with Crippen molar-refractivity contribution in [3.05, 3.63) is 41.2 Å². The molecular weight excluding hydrogens is 537 g/mol. The molecule has 176 valence electrons. The van der Waals surface area contributed by atoms with Gasteiger partial charge in [0.25, 0.3) is 5.91 Å². The number of benzene rings is 1. The van der Waals surface area contributed by atoms with Gasteiger partial charge in [-0.25, -0.2) is 4.98 Å². The van der Waals surface area contributed by atoms with E-state index in [0.29, 0.717) is 12.1 Å². The summed E-state index contributed by atoms with van der Waals surface area (Å²) in [6.45, 7) is 12.1. The van der Waals surface area contributed by atoms with Crippen molar-refractivity contribution in [2.45, 2.75) is 46.2 Å². The average molecular weight is 572 g/mol. The minimum atomic E-state index is -0.262. The topological polar surface area (TPSA) is 85.8 Å². The van der Waals surface area contributed by atoms with E-state index in [0.717, 1.165) is 55.1 Å². The number of carbonyl (C=O) groups is 1. The number of aryl methyl sites for hydroxylation is 1. The maximum Gasteiger partial charge on any atom is 0.251 e. The first-order valence-electron chi connectivity index (χ1n) is 10.7. The van der Waals surface area contributed by atoms with Gasteiger partial charge < -0.3 is 20.4 Å². The summed E-state index contributed by atoms with van der Waals surface area (Å²) >= 11 is 1.48. The van der Waals surface area contributed by atoms with Crippen LogP contribution in [0.5, 0.6) is 0 Å². The Balaban J connectivity index is 0.00000363. The van der Waals surface area contributed by atoms with E-state index in [1.54, 1.807) is 7.05 Å². The van der Waals surface area contributed by atoms with Crippen molar-refractivity contribution in [2.24, 2.45) is 4.99 Å². The van der Waals surface area contributed by atoms with Gasteiger partial charge in [0.2, 0.25) is 5.13 Å². The molecule has 0 bridgehead atoms. The summed E-state index contributed by atoms with van der Waals surface area (Å²) in [7, 11) is 1.81. The van der Waals surface area contributed by atoms with Gasteiger partial charge in [0.15, 0.2) is 5.96 Å². The van der Waals surface area contributed by atoms with Gasteiger partial charge in [0.1, 0.15) is 5.82 Å². The molecule has 1 aromatic carbocycles. The first kappa shape index (κ1) is 26.3. The fraction of sp³-hybridized carbons (Fsp3) is 0.545. The van der Waals surface area contributed by atoms with Crippen LogP contribution in [0.1, 0.15) is 49.4 Å². The van der Waals surface area contributed by atoms with Crippen LogP contribution >= 0.6 is 35.5 Å². The average Bonchev–Trinajstić information content (AvgIpc) is 3.23. The molecule has 0 unspecified atom stereocenters. The molecule has 32 heavy (non-hydrogen) atoms. The molecule has 3 rings (SSSR count). The molecule has 0 atom stereocenters. The Labute approximate surface area is 212 Å². The van der Waals surface area contributed by atoms with Crippen LogP contribution in [0.15, 0.2) is 29.3 Å². The van der Waals surface area contributed by atoms with E-state index in [-0.39, 0.29) is 35.4 Å². The number of carbonyl (C=O) groups excluding carboxylic acids is 1. The molecule has 1 aromatic heterocycles. The highest BCUT2D eigenvalue weighted by Gasteiger charge is 2.22. The molecule has 2 heterocycles. The van der Waals surface area contributed by atoms with E-state index in [2.05, 4.69) is 41.7 Å². The van der Waals surface area contributed by atoms with Crippen molar-refractivity contribution in [1.82, 2.24) is 24.9 Å². The third-order valence-electron chi connectivity index (χ3n) is 4.96. The number of amides is 1. The summed E-state index contributed by atoms with van der Waals surface area (Å²) < 4.78 is 4.39. The number of piperazine rings is 1. The smallest absolute Gasteiger partial charge is 0.251 e. The van der Waals surface area contributed by atoms with E-state index in [9.17, 15) is 4.79 Å². The Morgan fingerprint density at radius 1 is 1.22 bits per heavy atom. The normalized spacial score (nSPS) is 14.7. The number of rotatable bonds is 5. The molecule has 0 spiro atoms. The quantitative estimate of drug-likeness (QED) is 0.326. The van der Waals surface area contributed by atoms with Crippen LogP contribution in [0.4, 0.5) is 5.13 Å². The molecule has 10 heteroatoms. The fourth-order valence-electron chi connectivity index (χ4n) is 3.38. The summed E-state index contributed by atoms with van der Waals surface area (Å²) in [5, 5.41) is 7.45. The van der Waals surface area contributed by atoms with Crippen LogP contribution in [0.2, 0.25) is 0 Å². The lowest BCUT2D eigenvalue weighted by atomic mass is 10.1. The molecule has 0 aliphatic carbocycles. The molecular formula is C22H34IN7OS. The van der Waals surface area contributed by atoms with Crippen LogP contribution in [0.3, 0.4) is 0 Å². The highest BCUT2D eigenvalue weighted by atomic mass is 127. The summed E-state index contributed by atoms with van der Waals surface area (Å²) in [6.07, 6.45) is 0.867. The zero-order valence-electron chi connectivity index (χ0n) is 19.5. The van der Waals surface area contributed by atoms with E-state index in [4.69, 9.17) is 0 Å². The standard InChI is InChI=1S/C22H33N7OS.HI/c1-6-18-25-21(31-27-18)29-12-10-28(11-13-29)20(23-5)24-15-16-8-7-9-17(14-16)19(30)26-22(2,3)4;/h7-9,14H,6,10-13,15H2,1-5H3,(H,23,24)(H,26,30);1H. The first-order chi connectivity index (χ1) is 14.8. The Kier molecular flexibility index (Phi) is 9.68. The van der Waals surface area contributed by atoms with E-state index in [1.807, 2.05) is 45.0 Å². The molecule has 1 aliphatic rings. The third kappa shape index (κ3) is 7.29. The number of halogens is 1. The molecule has 1 aliphatic heterocycles. The van der Waals surface area contributed by atoms with Gasteiger partial charge in [0, 0.05) is 68.8 Å². The lowest BCUT2D eigenvalue weighted by Gasteiger charge is -2.36. The van der Waals surface area contributed by atoms with Gasteiger partial charge in [-0.05, 0) is 38.5 Å². The van der Waals surface area contributed by atoms with E-state index < -0.39 is 0 Å². The number of aromatic nitrogens is 2. The molecule has 0 saturated carbocycles. The number of guanidine groups is 1. The van der Waals surface area contributed by atoms with Gasteiger partial charge in [-0.3, -0.25) is 9.79 Å². The SMILES string of the molecule is CCc1nsc(N2CCN(C(=NC)NCc3cccc(C(=O)NC(C)(C)C)c3)CC2)n1.I. The van der Waals surface area contributed by atoms with Crippen LogP contribution in [-0.2, 0) is 13.0 Å². The molecule has 1 amide bonds. The molecule has 0 radical (unpaired) electrons. The van der Waals surface area contributed by atoms with Crippen molar-refractivity contribution >= 4 is 52.5 Å². The van der Waals surface area contributed by atoms with E-state index in [1.165, 1.54) is 11.5 Å². The highest BCUT2D eigenvalue weighted by molar-refractivity contribution is 14.0. The number of hydrogen-bond donors (Lipinski definition) is 2. The summed E-state index contributed by atoms with van der Waals surface area (Å²) in [5.41, 5.74) is 1.45. The zero-order chi connectivity index (χ0) is 22.4. The number of nitrogens with one attached hydrogen (secondary N) is 2. The second-order valence-corrected chi connectivity index (χ2v) is 9.36. The van der Waals surface area contributed by atoms with Gasteiger partial charge in [0.05, 0.1) is 0 Å². The Bertz CT molecular complexity index is 917. The van der Waals surface area contributed by atoms with Crippen molar-refractivity contribution in [3.8, 4) is 0 Å². The molecule has 2 aromatic rings. The number of hydrogen-bond acceptors (Lipinski definition) is 6. The molecule has 1 fully saturated rings. The maximum atomic E-state index is 12.4. The van der Waals surface area contributed by atoms with E-state index >= 15 is 0 Å². The third-order valence-corrected chi connectivity index (χ3v) is 5.78. The summed E-state index contributed by atoms with van der Waals surface area (Å²) in [4.78, 5) is 26.0. The van der Waals surface area contributed by atoms with Gasteiger partial charge >= 0.3 is 0 Å². The van der Waals surface area contributed by atoms with Crippen LogP contribution in [-0.4, -0.2) is 64.9 Å².